The minimum absolute atomic E-state index is 0.417. The third-order valence-electron chi connectivity index (χ3n) is 10.7. The lowest BCUT2D eigenvalue weighted by Gasteiger charge is -2.32. The molecule has 242 valence electrons. The van der Waals surface area contributed by atoms with E-state index in [2.05, 4.69) is 206 Å². The summed E-state index contributed by atoms with van der Waals surface area (Å²) < 4.78 is 0. The van der Waals surface area contributed by atoms with Crippen LogP contribution in [0.5, 0.6) is 0 Å². The molecule has 7 aromatic rings. The van der Waals surface area contributed by atoms with Gasteiger partial charge in [-0.15, -0.1) is 0 Å². The number of nitrogens with zero attached hydrogens (tertiary/aromatic N) is 1. The first-order chi connectivity index (χ1) is 25.2. The van der Waals surface area contributed by atoms with Crippen molar-refractivity contribution in [1.29, 1.82) is 0 Å². The van der Waals surface area contributed by atoms with Gasteiger partial charge in [-0.3, -0.25) is 0 Å². The van der Waals surface area contributed by atoms with Gasteiger partial charge in [0.1, 0.15) is 0 Å². The molecule has 0 amide bonds. The molecule has 0 bridgehead atoms. The van der Waals surface area contributed by atoms with Gasteiger partial charge in [-0.2, -0.15) is 0 Å². The Hall–Kier alpha value is -6.44. The van der Waals surface area contributed by atoms with Crippen molar-refractivity contribution in [2.45, 2.75) is 12.3 Å². The average Bonchev–Trinajstić information content (AvgIpc) is 3.68. The Morgan fingerprint density at radius 3 is 1.63 bits per heavy atom. The molecule has 7 aromatic carbocycles. The number of benzene rings is 7. The molecule has 0 fully saturated rings. The molecule has 0 radical (unpaired) electrons. The van der Waals surface area contributed by atoms with E-state index in [1.807, 2.05) is 6.08 Å². The van der Waals surface area contributed by atoms with Gasteiger partial charge in [-0.05, 0) is 98.5 Å². The second-order valence-corrected chi connectivity index (χ2v) is 13.3. The molecule has 0 saturated carbocycles. The van der Waals surface area contributed by atoms with Crippen molar-refractivity contribution in [2.75, 3.05) is 4.90 Å². The minimum Gasteiger partial charge on any atom is -0.310 e. The molecule has 1 nitrogen and oxygen atoms in total. The van der Waals surface area contributed by atoms with Crippen molar-refractivity contribution < 1.29 is 0 Å². The smallest absolute Gasteiger partial charge is 0.0726 e. The molecule has 9 rings (SSSR count). The molecule has 0 heterocycles. The van der Waals surface area contributed by atoms with E-state index in [1.54, 1.807) is 0 Å². The van der Waals surface area contributed by atoms with Crippen molar-refractivity contribution in [3.63, 3.8) is 0 Å². The number of fused-ring (bicyclic) bond motifs is 10. The summed E-state index contributed by atoms with van der Waals surface area (Å²) in [5.41, 5.74) is 18.0. The summed E-state index contributed by atoms with van der Waals surface area (Å²) in [5.74, 6) is 0. The maximum Gasteiger partial charge on any atom is 0.0726 e. The fourth-order valence-corrected chi connectivity index (χ4v) is 8.41. The minimum atomic E-state index is -0.417. The third-order valence-corrected chi connectivity index (χ3v) is 10.7. The topological polar surface area (TPSA) is 3.24 Å². The molecule has 1 heteroatoms. The van der Waals surface area contributed by atoms with Crippen molar-refractivity contribution in [1.82, 2.24) is 0 Å². The van der Waals surface area contributed by atoms with Gasteiger partial charge in [-0.1, -0.05) is 170 Å². The fourth-order valence-electron chi connectivity index (χ4n) is 8.41. The molecular formula is C50H37N. The lowest BCUT2D eigenvalue weighted by molar-refractivity contribution is 0.793. The third kappa shape index (κ3) is 4.77. The highest BCUT2D eigenvalue weighted by Crippen LogP contribution is 2.64. The zero-order chi connectivity index (χ0) is 34.4. The molecule has 0 atom stereocenters. The first-order valence-corrected chi connectivity index (χ1v) is 17.6. The molecule has 2 aliphatic rings. The summed E-state index contributed by atoms with van der Waals surface area (Å²) in [4.78, 5) is 2.39. The van der Waals surface area contributed by atoms with Crippen LogP contribution in [0.4, 0.5) is 11.4 Å². The standard InChI is InChI=1S/C50H37N/c1-3-39(32-29-35(2)36-17-6-4-7-18-36)51(40-33-30-38(31-34-40)37-19-8-5-9-20-37)48-28-16-27-47-49(48)43-23-12-15-26-46(43)50(47)44-24-13-10-21-41(44)42-22-11-14-25-45(42)50/h3-34H,1H2,2H3/b35-29+,39-32+. The van der Waals surface area contributed by atoms with Gasteiger partial charge in [0.25, 0.3) is 0 Å². The van der Waals surface area contributed by atoms with Crippen molar-refractivity contribution in [3.05, 3.63) is 234 Å². The van der Waals surface area contributed by atoms with Gasteiger partial charge < -0.3 is 4.90 Å². The SMILES string of the molecule is C=C/C(=C\C=C(/C)c1ccccc1)N(c1ccc(-c2ccccc2)cc1)c1cccc2c1-c1ccccc1C21c2ccccc2-c2ccccc21. The van der Waals surface area contributed by atoms with E-state index in [0.29, 0.717) is 0 Å². The van der Waals surface area contributed by atoms with Gasteiger partial charge in [0, 0.05) is 16.9 Å². The Labute approximate surface area is 300 Å². The number of allylic oxidation sites excluding steroid dienone is 4. The lowest BCUT2D eigenvalue weighted by Crippen LogP contribution is -2.26. The molecule has 2 aliphatic carbocycles. The van der Waals surface area contributed by atoms with Gasteiger partial charge in [0.2, 0.25) is 0 Å². The summed E-state index contributed by atoms with van der Waals surface area (Å²) in [5, 5.41) is 0. The summed E-state index contributed by atoms with van der Waals surface area (Å²) in [6.45, 7) is 6.55. The Kier molecular flexibility index (Phi) is 7.48. The molecule has 51 heavy (non-hydrogen) atoms. The van der Waals surface area contributed by atoms with E-state index in [9.17, 15) is 0 Å². The van der Waals surface area contributed by atoms with Crippen LogP contribution in [0.15, 0.2) is 206 Å². The van der Waals surface area contributed by atoms with Gasteiger partial charge in [0.15, 0.2) is 0 Å². The highest BCUT2D eigenvalue weighted by atomic mass is 15.1. The number of rotatable bonds is 7. The Morgan fingerprint density at radius 2 is 1.00 bits per heavy atom. The van der Waals surface area contributed by atoms with Gasteiger partial charge >= 0.3 is 0 Å². The van der Waals surface area contributed by atoms with Crippen LogP contribution in [0.25, 0.3) is 39.0 Å². The monoisotopic (exact) mass is 651 g/mol. The van der Waals surface area contributed by atoms with Gasteiger partial charge in [-0.25, -0.2) is 0 Å². The van der Waals surface area contributed by atoms with Crippen molar-refractivity contribution in [3.8, 4) is 33.4 Å². The lowest BCUT2D eigenvalue weighted by atomic mass is 9.70. The van der Waals surface area contributed by atoms with Gasteiger partial charge in [0.05, 0.1) is 11.1 Å². The number of hydrogen-bond donors (Lipinski definition) is 0. The Morgan fingerprint density at radius 1 is 0.490 bits per heavy atom. The molecular weight excluding hydrogens is 615 g/mol. The predicted molar refractivity (Wildman–Crippen MR) is 215 cm³/mol. The second-order valence-electron chi connectivity index (χ2n) is 13.3. The first kappa shape index (κ1) is 30.6. The molecule has 0 saturated heterocycles. The van der Waals surface area contributed by atoms with E-state index in [1.165, 1.54) is 66.8 Å². The van der Waals surface area contributed by atoms with E-state index < -0.39 is 5.41 Å². The summed E-state index contributed by atoms with van der Waals surface area (Å²) in [6, 6.07) is 63.9. The van der Waals surface area contributed by atoms with E-state index >= 15 is 0 Å². The van der Waals surface area contributed by atoms with Crippen LogP contribution in [-0.2, 0) is 5.41 Å². The number of hydrogen-bond acceptors (Lipinski definition) is 1. The molecule has 0 unspecified atom stereocenters. The Balaban J connectivity index is 1.30. The highest BCUT2D eigenvalue weighted by Gasteiger charge is 2.52. The van der Waals surface area contributed by atoms with Crippen molar-refractivity contribution >= 4 is 16.9 Å². The zero-order valence-corrected chi connectivity index (χ0v) is 28.6. The number of anilines is 2. The van der Waals surface area contributed by atoms with Crippen LogP contribution in [0.3, 0.4) is 0 Å². The average molecular weight is 652 g/mol. The van der Waals surface area contributed by atoms with Crippen LogP contribution in [-0.4, -0.2) is 0 Å². The summed E-state index contributed by atoms with van der Waals surface area (Å²) in [7, 11) is 0. The second kappa shape index (κ2) is 12.5. The predicted octanol–water partition coefficient (Wildman–Crippen LogP) is 13.0. The highest BCUT2D eigenvalue weighted by molar-refractivity contribution is 6.00. The van der Waals surface area contributed by atoms with E-state index in [-0.39, 0.29) is 0 Å². The maximum atomic E-state index is 4.38. The summed E-state index contributed by atoms with van der Waals surface area (Å²) in [6.07, 6.45) is 6.40. The van der Waals surface area contributed by atoms with E-state index in [0.717, 1.165) is 17.1 Å². The Bertz CT molecular complexity index is 2440. The van der Waals surface area contributed by atoms with Crippen molar-refractivity contribution in [2.24, 2.45) is 0 Å². The van der Waals surface area contributed by atoms with Crippen LogP contribution < -0.4 is 4.90 Å². The fraction of sp³-hybridized carbons (Fsp3) is 0.0400. The van der Waals surface area contributed by atoms with Crippen LogP contribution in [0.2, 0.25) is 0 Å². The van der Waals surface area contributed by atoms with Crippen LogP contribution in [0, 0.1) is 0 Å². The maximum absolute atomic E-state index is 4.38. The van der Waals surface area contributed by atoms with E-state index in [4.69, 9.17) is 0 Å². The van der Waals surface area contributed by atoms with Crippen LogP contribution >= 0.6 is 0 Å². The quantitative estimate of drug-likeness (QED) is 0.155. The molecule has 0 aromatic heterocycles. The zero-order valence-electron chi connectivity index (χ0n) is 28.6. The molecule has 0 aliphatic heterocycles. The molecule has 1 spiro atoms. The van der Waals surface area contributed by atoms with Crippen LogP contribution in [0.1, 0.15) is 34.7 Å². The largest absolute Gasteiger partial charge is 0.310 e. The first-order valence-electron chi connectivity index (χ1n) is 17.6. The normalized spacial score (nSPS) is 13.7. The summed E-state index contributed by atoms with van der Waals surface area (Å²) >= 11 is 0. The molecule has 0 N–H and O–H groups in total.